The molecule has 0 saturated carbocycles. The highest BCUT2D eigenvalue weighted by Gasteiger charge is 2.11. The number of aromatic nitrogens is 4. The second kappa shape index (κ2) is 7.31. The van der Waals surface area contributed by atoms with E-state index in [0.29, 0.717) is 5.16 Å². The predicted octanol–water partition coefficient (Wildman–Crippen LogP) is -0.328. The maximum atomic E-state index is 11.8. The molecule has 12 heteroatoms. The van der Waals surface area contributed by atoms with Gasteiger partial charge in [-0.05, 0) is 22.6 Å². The Bertz CT molecular complexity index is 730. The van der Waals surface area contributed by atoms with Gasteiger partial charge in [-0.1, -0.05) is 11.8 Å². The number of non-ortho nitro benzene ring substituents is 1. The van der Waals surface area contributed by atoms with Crippen LogP contribution in [0.1, 0.15) is 10.4 Å². The molecule has 1 aromatic heterocycles. The summed E-state index contributed by atoms with van der Waals surface area (Å²) in [6.07, 6.45) is 0. The summed E-state index contributed by atoms with van der Waals surface area (Å²) in [6.45, 7) is 0. The van der Waals surface area contributed by atoms with E-state index in [1.165, 1.54) is 28.9 Å². The number of hydrogen-bond donors (Lipinski definition) is 2. The number of amides is 2. The smallest absolute Gasteiger partial charge is 0.269 e. The first kappa shape index (κ1) is 16.4. The molecule has 2 amide bonds. The number of nitrogens with one attached hydrogen (secondary N) is 2. The zero-order chi connectivity index (χ0) is 16.8. The fourth-order valence-electron chi connectivity index (χ4n) is 1.44. The Balaban J connectivity index is 1.80. The molecule has 0 radical (unpaired) electrons. The molecule has 120 valence electrons. The third kappa shape index (κ3) is 4.47. The van der Waals surface area contributed by atoms with Gasteiger partial charge in [-0.25, -0.2) is 4.68 Å². The summed E-state index contributed by atoms with van der Waals surface area (Å²) in [5, 5.41) is 21.7. The van der Waals surface area contributed by atoms with Crippen molar-refractivity contribution in [3.8, 4) is 0 Å². The Kier molecular flexibility index (Phi) is 5.19. The van der Waals surface area contributed by atoms with Crippen molar-refractivity contribution >= 4 is 29.3 Å². The van der Waals surface area contributed by atoms with Crippen molar-refractivity contribution in [2.75, 3.05) is 5.75 Å². The Labute approximate surface area is 133 Å². The number of hydrazine groups is 1. The van der Waals surface area contributed by atoms with E-state index in [1.54, 1.807) is 7.05 Å². The summed E-state index contributed by atoms with van der Waals surface area (Å²) in [7, 11) is 1.64. The molecule has 0 aliphatic carbocycles. The van der Waals surface area contributed by atoms with E-state index in [2.05, 4.69) is 26.4 Å². The van der Waals surface area contributed by atoms with Crippen molar-refractivity contribution < 1.29 is 14.5 Å². The van der Waals surface area contributed by atoms with Gasteiger partial charge in [0.25, 0.3) is 11.6 Å². The lowest BCUT2D eigenvalue weighted by atomic mass is 10.2. The molecule has 11 nitrogen and oxygen atoms in total. The van der Waals surface area contributed by atoms with Gasteiger partial charge in [-0.15, -0.1) is 5.10 Å². The van der Waals surface area contributed by atoms with Crippen LogP contribution < -0.4 is 10.9 Å². The van der Waals surface area contributed by atoms with E-state index in [4.69, 9.17) is 0 Å². The van der Waals surface area contributed by atoms with Gasteiger partial charge in [-0.2, -0.15) is 0 Å². The van der Waals surface area contributed by atoms with Gasteiger partial charge in [0.2, 0.25) is 11.1 Å². The van der Waals surface area contributed by atoms with Crippen LogP contribution in [0.3, 0.4) is 0 Å². The maximum Gasteiger partial charge on any atom is 0.269 e. The Hall–Kier alpha value is -3.02. The van der Waals surface area contributed by atoms with E-state index in [-0.39, 0.29) is 17.0 Å². The molecule has 0 unspecified atom stereocenters. The number of nitro groups is 1. The molecule has 1 heterocycles. The third-order valence-corrected chi connectivity index (χ3v) is 3.58. The van der Waals surface area contributed by atoms with E-state index in [9.17, 15) is 19.7 Å². The number of carbonyl (C=O) groups is 2. The van der Waals surface area contributed by atoms with Gasteiger partial charge in [0.15, 0.2) is 0 Å². The second-order valence-corrected chi connectivity index (χ2v) is 5.12. The van der Waals surface area contributed by atoms with Crippen molar-refractivity contribution in [1.82, 2.24) is 31.1 Å². The summed E-state index contributed by atoms with van der Waals surface area (Å²) in [5.41, 5.74) is 4.50. The summed E-state index contributed by atoms with van der Waals surface area (Å²) >= 11 is 1.10. The average molecular weight is 337 g/mol. The summed E-state index contributed by atoms with van der Waals surface area (Å²) in [5.74, 6) is -1.03. The number of rotatable bonds is 5. The van der Waals surface area contributed by atoms with Crippen LogP contribution in [0.25, 0.3) is 0 Å². The van der Waals surface area contributed by atoms with Gasteiger partial charge >= 0.3 is 0 Å². The highest BCUT2D eigenvalue weighted by molar-refractivity contribution is 7.99. The number of carbonyl (C=O) groups excluding carboxylic acids is 2. The average Bonchev–Trinajstić information content (AvgIpc) is 2.95. The normalized spacial score (nSPS) is 10.1. The van der Waals surface area contributed by atoms with E-state index >= 15 is 0 Å². The first-order chi connectivity index (χ1) is 11.0. The standard InChI is InChI=1S/C11H11N7O4S/c1-17-11(14-15-16-17)23-6-9(19)12-13-10(20)7-2-4-8(5-3-7)18(21)22/h2-5H,6H2,1H3,(H,12,19)(H,13,20). The zero-order valence-electron chi connectivity index (χ0n) is 11.8. The van der Waals surface area contributed by atoms with Crippen LogP contribution in [0.5, 0.6) is 0 Å². The number of thioether (sulfide) groups is 1. The maximum absolute atomic E-state index is 11.8. The van der Waals surface area contributed by atoms with Crippen LogP contribution in [0.2, 0.25) is 0 Å². The minimum Gasteiger partial charge on any atom is -0.272 e. The van der Waals surface area contributed by atoms with E-state index < -0.39 is 16.7 Å². The Morgan fingerprint density at radius 1 is 1.30 bits per heavy atom. The van der Waals surface area contributed by atoms with Crippen molar-refractivity contribution in [2.24, 2.45) is 7.05 Å². The number of benzene rings is 1. The van der Waals surface area contributed by atoms with Crippen LogP contribution in [0, 0.1) is 10.1 Å². The number of nitro benzene ring substituents is 1. The Morgan fingerprint density at radius 3 is 2.57 bits per heavy atom. The van der Waals surface area contributed by atoms with Crippen LogP contribution >= 0.6 is 11.8 Å². The van der Waals surface area contributed by atoms with Crippen molar-refractivity contribution in [3.63, 3.8) is 0 Å². The number of tetrazole rings is 1. The van der Waals surface area contributed by atoms with Crippen LogP contribution in [-0.2, 0) is 11.8 Å². The molecule has 0 atom stereocenters. The monoisotopic (exact) mass is 337 g/mol. The molecule has 0 bridgehead atoms. The largest absolute Gasteiger partial charge is 0.272 e. The van der Waals surface area contributed by atoms with Gasteiger partial charge in [0, 0.05) is 24.7 Å². The number of hydrogen-bond acceptors (Lipinski definition) is 8. The highest BCUT2D eigenvalue weighted by Crippen LogP contribution is 2.12. The molecule has 2 aromatic rings. The van der Waals surface area contributed by atoms with Crippen molar-refractivity contribution in [2.45, 2.75) is 5.16 Å². The summed E-state index contributed by atoms with van der Waals surface area (Å²) in [4.78, 5) is 33.3. The molecule has 0 saturated heterocycles. The van der Waals surface area contributed by atoms with Crippen molar-refractivity contribution in [3.05, 3.63) is 39.9 Å². The van der Waals surface area contributed by atoms with Crippen LogP contribution in [-0.4, -0.2) is 42.7 Å². The molecule has 1 aromatic carbocycles. The van der Waals surface area contributed by atoms with Gasteiger partial charge < -0.3 is 0 Å². The number of aryl methyl sites for hydroxylation is 1. The SMILES string of the molecule is Cn1nnnc1SCC(=O)NNC(=O)c1ccc([N+](=O)[O-])cc1. The molecule has 23 heavy (non-hydrogen) atoms. The van der Waals surface area contributed by atoms with Crippen LogP contribution in [0.15, 0.2) is 29.4 Å². The molecule has 2 rings (SSSR count). The quantitative estimate of drug-likeness (QED) is 0.428. The molecule has 0 aliphatic rings. The van der Waals surface area contributed by atoms with Gasteiger partial charge in [-0.3, -0.25) is 30.6 Å². The van der Waals surface area contributed by atoms with Gasteiger partial charge in [0.1, 0.15) is 0 Å². The zero-order valence-corrected chi connectivity index (χ0v) is 12.6. The predicted molar refractivity (Wildman–Crippen MR) is 78.2 cm³/mol. The number of nitrogens with zero attached hydrogens (tertiary/aromatic N) is 5. The molecule has 0 fully saturated rings. The fraction of sp³-hybridized carbons (Fsp3) is 0.182. The lowest BCUT2D eigenvalue weighted by Crippen LogP contribution is -2.42. The van der Waals surface area contributed by atoms with E-state index in [0.717, 1.165) is 11.8 Å². The molecular formula is C11H11N7O4S. The minimum absolute atomic E-state index is 0.00869. The first-order valence-corrected chi connectivity index (χ1v) is 7.14. The topological polar surface area (TPSA) is 145 Å². The highest BCUT2D eigenvalue weighted by atomic mass is 32.2. The molecular weight excluding hydrogens is 326 g/mol. The molecule has 0 spiro atoms. The minimum atomic E-state index is -0.585. The summed E-state index contributed by atoms with van der Waals surface area (Å²) in [6, 6.07) is 4.99. The second-order valence-electron chi connectivity index (χ2n) is 4.18. The Morgan fingerprint density at radius 2 is 2.00 bits per heavy atom. The lowest BCUT2D eigenvalue weighted by molar-refractivity contribution is -0.384. The molecule has 0 aliphatic heterocycles. The lowest BCUT2D eigenvalue weighted by Gasteiger charge is -2.06. The first-order valence-electron chi connectivity index (χ1n) is 6.16. The third-order valence-electron chi connectivity index (χ3n) is 2.57. The summed E-state index contributed by atoms with van der Waals surface area (Å²) < 4.78 is 1.41. The van der Waals surface area contributed by atoms with Gasteiger partial charge in [0.05, 0.1) is 10.7 Å². The molecule has 2 N–H and O–H groups in total. The van der Waals surface area contributed by atoms with E-state index in [1.807, 2.05) is 0 Å². The van der Waals surface area contributed by atoms with Crippen molar-refractivity contribution in [1.29, 1.82) is 0 Å². The fourth-order valence-corrected chi connectivity index (χ4v) is 2.09. The van der Waals surface area contributed by atoms with Crippen LogP contribution in [0.4, 0.5) is 5.69 Å².